The van der Waals surface area contributed by atoms with Crippen molar-refractivity contribution in [3.8, 4) is 16.9 Å². The minimum absolute atomic E-state index is 0.418. The fraction of sp³-hybridized carbons (Fsp3) is 0.263. The molecule has 0 aromatic heterocycles. The Labute approximate surface area is 156 Å². The molecule has 0 aliphatic carbocycles. The lowest BCUT2D eigenvalue weighted by atomic mass is 10.0. The molecule has 3 rings (SSSR count). The maximum atomic E-state index is 12.6. The Hall–Kier alpha value is -2.73. The first-order valence-electron chi connectivity index (χ1n) is 8.24. The Bertz CT molecular complexity index is 823. The van der Waals surface area contributed by atoms with Gasteiger partial charge in [0.15, 0.2) is 0 Å². The standard InChI is InChI=1S/C19H19ClN2O4/c1-26-14-7-4-12(5-8-14)15-9-6-13(20)11-16(15)21-19(25)22-10-2-3-17(22)18(23)24/h4-9,11,17H,2-3,10H2,1H3,(H,21,25)(H,23,24). The van der Waals surface area contributed by atoms with Gasteiger partial charge in [-0.15, -0.1) is 0 Å². The quantitative estimate of drug-likeness (QED) is 0.844. The van der Waals surface area contributed by atoms with Crippen LogP contribution in [0.5, 0.6) is 5.75 Å². The third kappa shape index (κ3) is 3.75. The highest BCUT2D eigenvalue weighted by Crippen LogP contribution is 2.32. The van der Waals surface area contributed by atoms with Crippen molar-refractivity contribution in [1.29, 1.82) is 0 Å². The number of carboxylic acids is 1. The number of urea groups is 1. The van der Waals surface area contributed by atoms with Crippen LogP contribution in [0.25, 0.3) is 11.1 Å². The molecule has 2 aromatic rings. The van der Waals surface area contributed by atoms with Crippen LogP contribution in [-0.4, -0.2) is 41.7 Å². The van der Waals surface area contributed by atoms with E-state index in [1.54, 1.807) is 19.2 Å². The molecule has 2 aromatic carbocycles. The van der Waals surface area contributed by atoms with Crippen LogP contribution >= 0.6 is 11.6 Å². The Kier molecular flexibility index (Phi) is 5.32. The predicted octanol–water partition coefficient (Wildman–Crippen LogP) is 4.10. The number of nitrogens with zero attached hydrogens (tertiary/aromatic N) is 1. The molecule has 1 fully saturated rings. The van der Waals surface area contributed by atoms with Crippen LogP contribution < -0.4 is 10.1 Å². The SMILES string of the molecule is COc1ccc(-c2ccc(Cl)cc2NC(=O)N2CCCC2C(=O)O)cc1. The zero-order chi connectivity index (χ0) is 18.7. The van der Waals surface area contributed by atoms with E-state index in [9.17, 15) is 14.7 Å². The Morgan fingerprint density at radius 1 is 1.23 bits per heavy atom. The van der Waals surface area contributed by atoms with E-state index in [-0.39, 0.29) is 0 Å². The minimum atomic E-state index is -0.987. The van der Waals surface area contributed by atoms with Crippen molar-refractivity contribution in [2.45, 2.75) is 18.9 Å². The first kappa shape index (κ1) is 18.1. The maximum Gasteiger partial charge on any atom is 0.326 e. The molecular formula is C19H19ClN2O4. The van der Waals surface area contributed by atoms with E-state index >= 15 is 0 Å². The molecule has 26 heavy (non-hydrogen) atoms. The molecule has 0 saturated carbocycles. The molecule has 1 aliphatic heterocycles. The van der Waals surface area contributed by atoms with Gasteiger partial charge in [0.05, 0.1) is 12.8 Å². The molecule has 0 spiro atoms. The number of amides is 2. The number of hydrogen-bond donors (Lipinski definition) is 2. The fourth-order valence-corrected chi connectivity index (χ4v) is 3.27. The number of rotatable bonds is 4. The molecule has 1 unspecified atom stereocenters. The van der Waals surface area contributed by atoms with Gasteiger partial charge in [0, 0.05) is 17.1 Å². The second-order valence-electron chi connectivity index (χ2n) is 6.04. The monoisotopic (exact) mass is 374 g/mol. The molecule has 1 saturated heterocycles. The highest BCUT2D eigenvalue weighted by molar-refractivity contribution is 6.31. The van der Waals surface area contributed by atoms with E-state index in [0.717, 1.165) is 16.9 Å². The lowest BCUT2D eigenvalue weighted by molar-refractivity contribution is -0.141. The average Bonchev–Trinajstić information content (AvgIpc) is 3.12. The fourth-order valence-electron chi connectivity index (χ4n) is 3.10. The summed E-state index contributed by atoms with van der Waals surface area (Å²) >= 11 is 6.10. The first-order valence-corrected chi connectivity index (χ1v) is 8.62. The number of nitrogens with one attached hydrogen (secondary N) is 1. The number of carbonyl (C=O) groups is 2. The molecule has 1 atom stereocenters. The molecule has 136 valence electrons. The molecule has 6 nitrogen and oxygen atoms in total. The Morgan fingerprint density at radius 3 is 2.62 bits per heavy atom. The molecule has 2 amide bonds. The van der Waals surface area contributed by atoms with Crippen LogP contribution in [0.1, 0.15) is 12.8 Å². The van der Waals surface area contributed by atoms with Gasteiger partial charge in [-0.3, -0.25) is 0 Å². The van der Waals surface area contributed by atoms with Crippen LogP contribution in [0.3, 0.4) is 0 Å². The van der Waals surface area contributed by atoms with Gasteiger partial charge in [-0.25, -0.2) is 9.59 Å². The number of benzene rings is 2. The van der Waals surface area contributed by atoms with E-state index in [1.165, 1.54) is 4.90 Å². The lowest BCUT2D eigenvalue weighted by Gasteiger charge is -2.23. The van der Waals surface area contributed by atoms with Crippen molar-refractivity contribution >= 4 is 29.3 Å². The normalized spacial score (nSPS) is 16.4. The van der Waals surface area contributed by atoms with Gasteiger partial charge in [0.1, 0.15) is 11.8 Å². The smallest absolute Gasteiger partial charge is 0.326 e. The number of carbonyl (C=O) groups excluding carboxylic acids is 1. The largest absolute Gasteiger partial charge is 0.497 e. The summed E-state index contributed by atoms with van der Waals surface area (Å²) in [4.78, 5) is 25.3. The van der Waals surface area contributed by atoms with Crippen molar-refractivity contribution in [2.75, 3.05) is 19.0 Å². The third-order valence-corrected chi connectivity index (χ3v) is 4.66. The summed E-state index contributed by atoms with van der Waals surface area (Å²) in [6.07, 6.45) is 1.13. The molecule has 0 bridgehead atoms. The molecule has 1 heterocycles. The van der Waals surface area contributed by atoms with Gasteiger partial charge in [0.25, 0.3) is 0 Å². The van der Waals surface area contributed by atoms with Gasteiger partial charge < -0.3 is 20.1 Å². The van der Waals surface area contributed by atoms with E-state index in [4.69, 9.17) is 16.3 Å². The molecule has 2 N–H and O–H groups in total. The number of likely N-dealkylation sites (tertiary alicyclic amines) is 1. The van der Waals surface area contributed by atoms with E-state index in [0.29, 0.717) is 30.1 Å². The summed E-state index contributed by atoms with van der Waals surface area (Å²) in [5.74, 6) is -0.256. The molecular weight excluding hydrogens is 356 g/mol. The number of anilines is 1. The highest BCUT2D eigenvalue weighted by Gasteiger charge is 2.34. The molecule has 0 radical (unpaired) electrons. The van der Waals surface area contributed by atoms with Crippen molar-refractivity contribution in [3.63, 3.8) is 0 Å². The summed E-state index contributed by atoms with van der Waals surface area (Å²) in [5.41, 5.74) is 2.20. The van der Waals surface area contributed by atoms with E-state index < -0.39 is 18.0 Å². The number of carboxylic acid groups (broad SMARTS) is 1. The summed E-state index contributed by atoms with van der Waals surface area (Å²) < 4.78 is 5.17. The summed E-state index contributed by atoms with van der Waals surface area (Å²) in [7, 11) is 1.60. The van der Waals surface area contributed by atoms with Crippen molar-refractivity contribution in [1.82, 2.24) is 4.90 Å². The second-order valence-corrected chi connectivity index (χ2v) is 6.47. The lowest BCUT2D eigenvalue weighted by Crippen LogP contribution is -2.42. The third-order valence-electron chi connectivity index (χ3n) is 4.42. The number of hydrogen-bond acceptors (Lipinski definition) is 3. The second kappa shape index (κ2) is 7.66. The van der Waals surface area contributed by atoms with Gasteiger partial charge in [-0.1, -0.05) is 29.8 Å². The van der Waals surface area contributed by atoms with Crippen LogP contribution in [0.15, 0.2) is 42.5 Å². The maximum absolute atomic E-state index is 12.6. The zero-order valence-corrected chi connectivity index (χ0v) is 15.0. The summed E-state index contributed by atoms with van der Waals surface area (Å²) in [6.45, 7) is 0.418. The van der Waals surface area contributed by atoms with Crippen molar-refractivity contribution in [2.24, 2.45) is 0 Å². The number of aliphatic carboxylic acids is 1. The topological polar surface area (TPSA) is 78.9 Å². The van der Waals surface area contributed by atoms with Crippen molar-refractivity contribution in [3.05, 3.63) is 47.5 Å². The van der Waals surface area contributed by atoms with Gasteiger partial charge in [-0.2, -0.15) is 0 Å². The van der Waals surface area contributed by atoms with Gasteiger partial charge in [-0.05, 0) is 42.7 Å². The minimum Gasteiger partial charge on any atom is -0.497 e. The van der Waals surface area contributed by atoms with Crippen LogP contribution in [0, 0.1) is 0 Å². The van der Waals surface area contributed by atoms with Gasteiger partial charge >= 0.3 is 12.0 Å². The van der Waals surface area contributed by atoms with E-state index in [2.05, 4.69) is 5.32 Å². The Morgan fingerprint density at radius 2 is 1.96 bits per heavy atom. The number of ether oxygens (including phenoxy) is 1. The molecule has 1 aliphatic rings. The Balaban J connectivity index is 1.88. The van der Waals surface area contributed by atoms with E-state index in [1.807, 2.05) is 30.3 Å². The number of halogens is 1. The average molecular weight is 375 g/mol. The van der Waals surface area contributed by atoms with Crippen LogP contribution in [-0.2, 0) is 4.79 Å². The van der Waals surface area contributed by atoms with Crippen LogP contribution in [0.4, 0.5) is 10.5 Å². The van der Waals surface area contributed by atoms with Crippen molar-refractivity contribution < 1.29 is 19.4 Å². The van der Waals surface area contributed by atoms with Crippen LogP contribution in [0.2, 0.25) is 5.02 Å². The summed E-state index contributed by atoms with van der Waals surface area (Å²) in [6, 6.07) is 11.4. The van der Waals surface area contributed by atoms with Gasteiger partial charge in [0.2, 0.25) is 0 Å². The highest BCUT2D eigenvalue weighted by atomic mass is 35.5. The summed E-state index contributed by atoms with van der Waals surface area (Å²) in [5, 5.41) is 12.6. The zero-order valence-electron chi connectivity index (χ0n) is 14.2. The first-order chi connectivity index (χ1) is 12.5. The molecule has 7 heteroatoms. The predicted molar refractivity (Wildman–Crippen MR) is 99.8 cm³/mol. The number of methoxy groups -OCH3 is 1.